The molecule has 1 aliphatic rings. The minimum atomic E-state index is -0.988. The third-order valence-corrected chi connectivity index (χ3v) is 7.70. The van der Waals surface area contributed by atoms with Gasteiger partial charge >= 0.3 is 0 Å². The highest BCUT2D eigenvalue weighted by molar-refractivity contribution is 6.03. The molecule has 1 amide bonds. The third-order valence-electron chi connectivity index (χ3n) is 7.70. The highest BCUT2D eigenvalue weighted by atomic mass is 16.5. The van der Waals surface area contributed by atoms with Crippen LogP contribution >= 0.6 is 0 Å². The van der Waals surface area contributed by atoms with Gasteiger partial charge in [0.05, 0.1) is 18.3 Å². The van der Waals surface area contributed by atoms with E-state index in [1.807, 2.05) is 32.9 Å². The number of anilines is 1. The van der Waals surface area contributed by atoms with Crippen LogP contribution in [0.1, 0.15) is 64.2 Å². The molecule has 0 radical (unpaired) electrons. The van der Waals surface area contributed by atoms with Crippen LogP contribution in [0.3, 0.4) is 0 Å². The Morgan fingerprint density at radius 2 is 1.70 bits per heavy atom. The molecule has 0 unspecified atom stereocenters. The van der Waals surface area contributed by atoms with Crippen LogP contribution in [0, 0.1) is 30.6 Å². The molecule has 1 heterocycles. The van der Waals surface area contributed by atoms with Crippen molar-refractivity contribution in [2.75, 3.05) is 25.6 Å². The Morgan fingerprint density at radius 3 is 2.30 bits per heavy atom. The SMILES string of the molecule is CO[C@H]1/C(C)=C/[C@H](C)[C@@H](O)[C@@H](CO)C[C@H](C)[C@@H](O)c2cc(cc(O)c2C)NC(=O)/C(C)=C/CC[C@@H]1CO. The zero-order chi connectivity index (χ0) is 27.9. The summed E-state index contributed by atoms with van der Waals surface area (Å²) in [6.07, 6.45) is 2.96. The number of benzene rings is 1. The molecular formula is C29H45NO7. The Bertz CT molecular complexity index is 973. The molecule has 7 atom stereocenters. The molecule has 1 aromatic carbocycles. The van der Waals surface area contributed by atoms with E-state index in [1.165, 1.54) is 6.07 Å². The number of carbonyl (C=O) groups is 1. The second-order valence-electron chi connectivity index (χ2n) is 10.6. The van der Waals surface area contributed by atoms with Crippen LogP contribution in [0.2, 0.25) is 0 Å². The van der Waals surface area contributed by atoms with Gasteiger partial charge in [0.2, 0.25) is 0 Å². The van der Waals surface area contributed by atoms with Crippen molar-refractivity contribution in [1.29, 1.82) is 0 Å². The second kappa shape index (κ2) is 14.1. The third kappa shape index (κ3) is 7.88. The molecule has 2 bridgehead atoms. The van der Waals surface area contributed by atoms with Gasteiger partial charge in [-0.2, -0.15) is 0 Å². The highest BCUT2D eigenvalue weighted by Crippen LogP contribution is 2.36. The fourth-order valence-corrected chi connectivity index (χ4v) is 5.30. The van der Waals surface area contributed by atoms with E-state index in [0.29, 0.717) is 41.6 Å². The molecule has 0 aliphatic carbocycles. The number of ether oxygens (including phenoxy) is 1. The van der Waals surface area contributed by atoms with E-state index in [9.17, 15) is 30.3 Å². The standard InChI is InChI=1S/C29H45NO7/c1-16-8-7-9-21(14-31)28(37-6)19(4)10-17(2)26(34)22(15-32)11-18(3)27(35)24-12-23(30-29(16)36)13-25(33)20(24)5/h8,10,12-13,17-18,21-22,26-28,31-35H,7,9,11,14-15H2,1-6H3,(H,30,36)/b16-8+,19-10+/t17-,18-,21+,22+,26+,27+,28-/m0/s1. The lowest BCUT2D eigenvalue weighted by Gasteiger charge is -2.31. The summed E-state index contributed by atoms with van der Waals surface area (Å²) in [5.41, 5.74) is 2.71. The molecule has 8 heteroatoms. The molecule has 0 fully saturated rings. The van der Waals surface area contributed by atoms with E-state index in [4.69, 9.17) is 4.74 Å². The van der Waals surface area contributed by atoms with Gasteiger partial charge in [-0.3, -0.25) is 4.79 Å². The fourth-order valence-electron chi connectivity index (χ4n) is 5.30. The van der Waals surface area contributed by atoms with Gasteiger partial charge in [0.1, 0.15) is 5.75 Å². The number of rotatable bonds is 3. The number of nitrogens with one attached hydrogen (secondary N) is 1. The van der Waals surface area contributed by atoms with Crippen molar-refractivity contribution in [3.05, 3.63) is 46.6 Å². The summed E-state index contributed by atoms with van der Waals surface area (Å²) in [6, 6.07) is 3.10. The zero-order valence-electron chi connectivity index (χ0n) is 22.9. The number of aromatic hydroxyl groups is 1. The maximum Gasteiger partial charge on any atom is 0.250 e. The lowest BCUT2D eigenvalue weighted by Crippen LogP contribution is -2.33. The molecule has 1 aromatic rings. The number of fused-ring (bicyclic) bond motifs is 2. The molecule has 0 saturated carbocycles. The first kappa shape index (κ1) is 31.0. The van der Waals surface area contributed by atoms with Crippen LogP contribution in [0.25, 0.3) is 0 Å². The molecular weight excluding hydrogens is 474 g/mol. The van der Waals surface area contributed by atoms with Crippen molar-refractivity contribution in [2.45, 2.75) is 72.2 Å². The van der Waals surface area contributed by atoms with Crippen molar-refractivity contribution in [2.24, 2.45) is 23.7 Å². The molecule has 6 N–H and O–H groups in total. The number of allylic oxidation sites excluding steroid dienone is 1. The van der Waals surface area contributed by atoms with Crippen LogP contribution in [-0.2, 0) is 9.53 Å². The van der Waals surface area contributed by atoms with Crippen molar-refractivity contribution < 1.29 is 35.1 Å². The number of amides is 1. The maximum atomic E-state index is 12.8. The lowest BCUT2D eigenvalue weighted by molar-refractivity contribution is -0.112. The van der Waals surface area contributed by atoms with E-state index < -0.39 is 18.1 Å². The summed E-state index contributed by atoms with van der Waals surface area (Å²) < 4.78 is 5.71. The number of carbonyl (C=O) groups excluding carboxylic acids is 1. The highest BCUT2D eigenvalue weighted by Gasteiger charge is 2.30. The van der Waals surface area contributed by atoms with Crippen LogP contribution in [0.5, 0.6) is 5.75 Å². The first-order chi connectivity index (χ1) is 17.4. The van der Waals surface area contributed by atoms with Gasteiger partial charge in [-0.05, 0) is 68.7 Å². The molecule has 0 aromatic heterocycles. The summed E-state index contributed by atoms with van der Waals surface area (Å²) >= 11 is 0. The smallest absolute Gasteiger partial charge is 0.250 e. The lowest BCUT2D eigenvalue weighted by atomic mass is 9.81. The average molecular weight is 520 g/mol. The number of aliphatic hydroxyl groups is 4. The largest absolute Gasteiger partial charge is 0.508 e. The van der Waals surface area contributed by atoms with Crippen LogP contribution in [-0.4, -0.2) is 64.0 Å². The van der Waals surface area contributed by atoms with E-state index >= 15 is 0 Å². The Labute approximate surface area is 220 Å². The average Bonchev–Trinajstić information content (AvgIpc) is 2.86. The minimum Gasteiger partial charge on any atom is -0.508 e. The summed E-state index contributed by atoms with van der Waals surface area (Å²) in [6.45, 7) is 8.65. The topological polar surface area (TPSA) is 139 Å². The van der Waals surface area contributed by atoms with Crippen molar-refractivity contribution in [3.8, 4) is 5.75 Å². The maximum absolute atomic E-state index is 12.8. The van der Waals surface area contributed by atoms with Crippen molar-refractivity contribution in [1.82, 2.24) is 0 Å². The van der Waals surface area contributed by atoms with E-state index in [2.05, 4.69) is 5.32 Å². The number of aliphatic hydroxyl groups excluding tert-OH is 4. The minimum absolute atomic E-state index is 0.0454. The first-order valence-corrected chi connectivity index (χ1v) is 13.1. The number of methoxy groups -OCH3 is 1. The van der Waals surface area contributed by atoms with E-state index in [0.717, 1.165) is 5.57 Å². The van der Waals surface area contributed by atoms with Crippen LogP contribution in [0.4, 0.5) is 5.69 Å². The van der Waals surface area contributed by atoms with Crippen LogP contribution < -0.4 is 5.32 Å². The number of hydrogen-bond acceptors (Lipinski definition) is 7. The summed E-state index contributed by atoms with van der Waals surface area (Å²) in [4.78, 5) is 12.8. The Balaban J connectivity index is 2.53. The fraction of sp³-hybridized carbons (Fsp3) is 0.621. The Morgan fingerprint density at radius 1 is 1.05 bits per heavy atom. The summed E-state index contributed by atoms with van der Waals surface area (Å²) in [7, 11) is 1.58. The summed E-state index contributed by atoms with van der Waals surface area (Å²) in [5, 5.41) is 55.7. The first-order valence-electron chi connectivity index (χ1n) is 13.1. The number of phenolic OH excluding ortho intramolecular Hbond substituents is 1. The molecule has 8 nitrogen and oxygen atoms in total. The molecule has 37 heavy (non-hydrogen) atoms. The number of hydrogen-bond donors (Lipinski definition) is 6. The number of phenols is 1. The van der Waals surface area contributed by atoms with Gasteiger partial charge in [-0.15, -0.1) is 0 Å². The molecule has 208 valence electrons. The molecule has 0 spiro atoms. The van der Waals surface area contributed by atoms with Crippen LogP contribution in [0.15, 0.2) is 35.4 Å². The van der Waals surface area contributed by atoms with Gasteiger partial charge in [-0.1, -0.05) is 26.0 Å². The normalized spacial score (nSPS) is 33.7. The van der Waals surface area contributed by atoms with Gasteiger partial charge in [-0.25, -0.2) is 0 Å². The molecule has 1 aliphatic heterocycles. The zero-order valence-corrected chi connectivity index (χ0v) is 22.9. The van der Waals surface area contributed by atoms with Gasteiger partial charge in [0.15, 0.2) is 0 Å². The van der Waals surface area contributed by atoms with Gasteiger partial charge in [0.25, 0.3) is 5.91 Å². The van der Waals surface area contributed by atoms with Gasteiger partial charge in [0, 0.05) is 55.4 Å². The van der Waals surface area contributed by atoms with Gasteiger partial charge < -0.3 is 35.6 Å². The molecule has 0 saturated heterocycles. The summed E-state index contributed by atoms with van der Waals surface area (Å²) in [5.74, 6) is -1.74. The molecule has 2 rings (SSSR count). The van der Waals surface area contributed by atoms with E-state index in [1.54, 1.807) is 27.0 Å². The van der Waals surface area contributed by atoms with E-state index in [-0.39, 0.29) is 48.7 Å². The predicted molar refractivity (Wildman–Crippen MR) is 144 cm³/mol. The predicted octanol–water partition coefficient (Wildman–Crippen LogP) is 3.61. The Hall–Kier alpha value is -2.23. The van der Waals surface area contributed by atoms with Crippen molar-refractivity contribution >= 4 is 11.6 Å². The van der Waals surface area contributed by atoms with Crippen molar-refractivity contribution in [3.63, 3.8) is 0 Å². The quantitative estimate of drug-likeness (QED) is 0.335. The second-order valence-corrected chi connectivity index (χ2v) is 10.6. The monoisotopic (exact) mass is 519 g/mol. The Kier molecular flexibility index (Phi) is 11.8.